The van der Waals surface area contributed by atoms with Gasteiger partial charge in [-0.15, -0.1) is 0 Å². The Balaban J connectivity index is 1.31. The van der Waals surface area contributed by atoms with Crippen molar-refractivity contribution in [3.63, 3.8) is 0 Å². The minimum atomic E-state index is -0.832. The van der Waals surface area contributed by atoms with Crippen molar-refractivity contribution in [2.24, 2.45) is 7.05 Å². The number of fused-ring (bicyclic) bond motifs is 4. The second-order valence-electron chi connectivity index (χ2n) is 10.8. The van der Waals surface area contributed by atoms with E-state index in [1.165, 1.54) is 14.9 Å². The zero-order chi connectivity index (χ0) is 29.7. The Bertz CT molecular complexity index is 2010. The van der Waals surface area contributed by atoms with E-state index in [4.69, 9.17) is 4.42 Å². The number of hydrogen-bond acceptors (Lipinski definition) is 4. The number of rotatable bonds is 6. The third-order valence-corrected chi connectivity index (χ3v) is 12.0. The number of allylic oxidation sites excluding steroid dienone is 4. The normalized spacial score (nSPS) is 18.6. The zero-order valence-corrected chi connectivity index (χ0v) is 27.3. The van der Waals surface area contributed by atoms with Crippen LogP contribution in [0.15, 0.2) is 109 Å². The molecule has 0 bridgehead atoms. The molecule has 0 fully saturated rings. The molecule has 1 N–H and O–H groups in total. The zero-order valence-electron chi connectivity index (χ0n) is 23.2. The Morgan fingerprint density at radius 1 is 1.19 bits per heavy atom. The summed E-state index contributed by atoms with van der Waals surface area (Å²) in [4.78, 5) is 14.7. The van der Waals surface area contributed by atoms with Crippen molar-refractivity contribution in [3.05, 3.63) is 116 Å². The summed E-state index contributed by atoms with van der Waals surface area (Å²) < 4.78 is 26.7. The molecule has 1 aliphatic carbocycles. The van der Waals surface area contributed by atoms with Crippen LogP contribution in [0.3, 0.4) is 0 Å². The summed E-state index contributed by atoms with van der Waals surface area (Å²) in [6.45, 7) is 0.370. The SMILES string of the molecule is C[n+]1c(/C=C2C=C(/C=C3\Sc4ccc(Br)cc4N3CCC(=O)O)CC(c3ccccc3F)C/2)[se]c2ccc3ccoc3c21. The number of benzene rings is 3. The molecule has 2 aromatic heterocycles. The van der Waals surface area contributed by atoms with Gasteiger partial charge in [0, 0.05) is 0 Å². The van der Waals surface area contributed by atoms with E-state index in [0.29, 0.717) is 13.0 Å². The third-order valence-electron chi connectivity index (χ3n) is 7.98. The Morgan fingerprint density at radius 3 is 2.88 bits per heavy atom. The van der Waals surface area contributed by atoms with Crippen molar-refractivity contribution in [1.29, 1.82) is 0 Å². The Hall–Kier alpha value is -3.36. The summed E-state index contributed by atoms with van der Waals surface area (Å²) in [5.74, 6) is -1.03. The van der Waals surface area contributed by atoms with Crippen LogP contribution in [0, 0.1) is 5.82 Å². The van der Waals surface area contributed by atoms with Gasteiger partial charge in [0.05, 0.1) is 0 Å². The predicted octanol–water partition coefficient (Wildman–Crippen LogP) is 8.18. The molecule has 5 aromatic rings. The standard InChI is InChI=1S/C34H26BrFN2O3SSe/c1-37-31(43-29-9-6-22-11-13-41-34(22)33(29)37)18-21-14-20(15-23(16-21)25-4-2-3-5-26(25)36)17-30-38(12-10-32(39)40)27-19-24(35)7-8-28(27)42-30/h2-9,11,13-14,17-19,23H,10,12,15-16H2,1H3/p+1. The van der Waals surface area contributed by atoms with Crippen molar-refractivity contribution in [1.82, 2.24) is 0 Å². The van der Waals surface area contributed by atoms with E-state index in [0.717, 1.165) is 59.7 Å². The number of anilines is 1. The third kappa shape index (κ3) is 5.55. The van der Waals surface area contributed by atoms with Gasteiger partial charge in [0.2, 0.25) is 0 Å². The first kappa shape index (κ1) is 28.4. The van der Waals surface area contributed by atoms with Gasteiger partial charge in [-0.05, 0) is 0 Å². The van der Waals surface area contributed by atoms with E-state index in [9.17, 15) is 9.90 Å². The van der Waals surface area contributed by atoms with E-state index in [-0.39, 0.29) is 32.7 Å². The van der Waals surface area contributed by atoms with Gasteiger partial charge in [0.25, 0.3) is 0 Å². The summed E-state index contributed by atoms with van der Waals surface area (Å²) in [5.41, 5.74) is 6.01. The van der Waals surface area contributed by atoms with Crippen LogP contribution in [-0.2, 0) is 11.8 Å². The van der Waals surface area contributed by atoms with Crippen LogP contribution in [0.1, 0.15) is 35.3 Å². The number of furan rings is 1. The predicted molar refractivity (Wildman–Crippen MR) is 174 cm³/mol. The molecule has 216 valence electrons. The number of aliphatic carboxylic acids is 1. The molecule has 0 saturated carbocycles. The van der Waals surface area contributed by atoms with Crippen molar-refractivity contribution >= 4 is 80.7 Å². The topological polar surface area (TPSA) is 57.6 Å². The van der Waals surface area contributed by atoms with Crippen LogP contribution < -0.4 is 9.47 Å². The van der Waals surface area contributed by atoms with E-state index < -0.39 is 5.97 Å². The molecule has 1 unspecified atom stereocenters. The molecule has 0 spiro atoms. The van der Waals surface area contributed by atoms with Gasteiger partial charge in [-0.25, -0.2) is 0 Å². The second kappa shape index (κ2) is 11.6. The number of thioether (sulfide) groups is 1. The number of aromatic nitrogens is 1. The van der Waals surface area contributed by atoms with Crippen LogP contribution in [0.4, 0.5) is 10.1 Å². The minimum absolute atomic E-state index is 0.0151. The molecule has 2 aliphatic rings. The van der Waals surface area contributed by atoms with Crippen molar-refractivity contribution in [2.45, 2.75) is 30.1 Å². The first-order valence-electron chi connectivity index (χ1n) is 14.0. The molecule has 9 heteroatoms. The molecule has 43 heavy (non-hydrogen) atoms. The summed E-state index contributed by atoms with van der Waals surface area (Å²) in [6, 6.07) is 19.5. The molecular weight excluding hydrogens is 694 g/mol. The number of aryl methyl sites for hydroxylation is 1. The molecule has 0 saturated heterocycles. The van der Waals surface area contributed by atoms with E-state index in [1.807, 2.05) is 30.3 Å². The maximum atomic E-state index is 15.1. The van der Waals surface area contributed by atoms with Gasteiger partial charge in [0.15, 0.2) is 0 Å². The number of carbonyl (C=O) groups is 1. The fourth-order valence-corrected chi connectivity index (χ4v) is 9.84. The van der Waals surface area contributed by atoms with Crippen LogP contribution in [0.2, 0.25) is 0 Å². The van der Waals surface area contributed by atoms with Gasteiger partial charge < -0.3 is 0 Å². The number of carboxylic acid groups (broad SMARTS) is 1. The number of hydrogen-bond donors (Lipinski definition) is 1. The quantitative estimate of drug-likeness (QED) is 0.142. The van der Waals surface area contributed by atoms with Gasteiger partial charge in [-0.3, -0.25) is 0 Å². The molecule has 1 aliphatic heterocycles. The van der Waals surface area contributed by atoms with Gasteiger partial charge >= 0.3 is 268 Å². The first-order chi connectivity index (χ1) is 20.8. The fraction of sp³-hybridized carbons (Fsp3) is 0.176. The Kier molecular flexibility index (Phi) is 7.68. The van der Waals surface area contributed by atoms with Crippen molar-refractivity contribution in [2.75, 3.05) is 11.4 Å². The van der Waals surface area contributed by atoms with E-state index in [1.54, 1.807) is 24.1 Å². The number of nitrogens with zero attached hydrogens (tertiary/aromatic N) is 2. The Morgan fingerprint density at radius 2 is 2.05 bits per heavy atom. The molecule has 1 atom stereocenters. The van der Waals surface area contributed by atoms with Crippen LogP contribution >= 0.6 is 27.7 Å². The van der Waals surface area contributed by atoms with Crippen molar-refractivity contribution < 1.29 is 23.3 Å². The fourth-order valence-electron chi connectivity index (χ4n) is 5.98. The molecule has 5 nitrogen and oxygen atoms in total. The van der Waals surface area contributed by atoms with Gasteiger partial charge in [0.1, 0.15) is 0 Å². The first-order valence-corrected chi connectivity index (χ1v) is 17.3. The number of halogens is 2. The van der Waals surface area contributed by atoms with Gasteiger partial charge in [-0.1, -0.05) is 0 Å². The summed E-state index contributed by atoms with van der Waals surface area (Å²) in [7, 11) is 2.09. The average molecular weight is 722 g/mol. The van der Waals surface area contributed by atoms with Crippen LogP contribution in [0.25, 0.3) is 26.8 Å². The molecule has 0 radical (unpaired) electrons. The molecule has 7 rings (SSSR count). The Labute approximate surface area is 266 Å². The summed E-state index contributed by atoms with van der Waals surface area (Å²) in [6.07, 6.45) is 9.87. The average Bonchev–Trinajstić information content (AvgIpc) is 3.67. The summed E-state index contributed by atoms with van der Waals surface area (Å²) in [5, 5.41) is 11.5. The van der Waals surface area contributed by atoms with E-state index in [2.05, 4.69) is 68.9 Å². The molecule has 0 amide bonds. The summed E-state index contributed by atoms with van der Waals surface area (Å²) >= 11 is 5.33. The van der Waals surface area contributed by atoms with Crippen LogP contribution in [0.5, 0.6) is 0 Å². The number of carboxylic acids is 1. The van der Waals surface area contributed by atoms with Crippen molar-refractivity contribution in [3.8, 4) is 0 Å². The maximum absolute atomic E-state index is 15.1. The molecule has 3 aromatic carbocycles. The van der Waals surface area contributed by atoms with Gasteiger partial charge in [-0.2, -0.15) is 0 Å². The second-order valence-corrected chi connectivity index (χ2v) is 15.0. The molecule has 3 heterocycles. The monoisotopic (exact) mass is 721 g/mol. The van der Waals surface area contributed by atoms with Crippen LogP contribution in [-0.4, -0.2) is 32.1 Å². The molecular formula is C34H27BrFN2O3SSe+. The van der Waals surface area contributed by atoms with E-state index >= 15 is 4.39 Å².